The predicted molar refractivity (Wildman–Crippen MR) is 106 cm³/mol. The Bertz CT molecular complexity index is 718. The van der Waals surface area contributed by atoms with Crippen LogP contribution in [0, 0.1) is 0 Å². The van der Waals surface area contributed by atoms with Gasteiger partial charge in [-0.25, -0.2) is 0 Å². The summed E-state index contributed by atoms with van der Waals surface area (Å²) < 4.78 is 0. The van der Waals surface area contributed by atoms with Crippen LogP contribution in [-0.4, -0.2) is 11.5 Å². The van der Waals surface area contributed by atoms with Crippen LogP contribution in [0.1, 0.15) is 36.9 Å². The molecule has 0 saturated carbocycles. The third-order valence-corrected chi connectivity index (χ3v) is 4.59. The zero-order valence-corrected chi connectivity index (χ0v) is 15.2. The Balaban J connectivity index is 2.07. The molecule has 0 saturated heterocycles. The van der Waals surface area contributed by atoms with E-state index in [2.05, 4.69) is 65.3 Å². The smallest absolute Gasteiger partial charge is 0.0810 e. The molecule has 0 spiro atoms. The van der Waals surface area contributed by atoms with Gasteiger partial charge in [0.25, 0.3) is 0 Å². The Kier molecular flexibility index (Phi) is 6.08. The predicted octanol–water partition coefficient (Wildman–Crippen LogP) is 6.13. The van der Waals surface area contributed by atoms with Crippen molar-refractivity contribution in [3.05, 3.63) is 95.3 Å². The Hall–Kier alpha value is -2.32. The van der Waals surface area contributed by atoms with E-state index >= 15 is 0 Å². The summed E-state index contributed by atoms with van der Waals surface area (Å²) in [5.41, 5.74) is 3.64. The van der Waals surface area contributed by atoms with Crippen LogP contribution in [0.25, 0.3) is 0 Å². The quantitative estimate of drug-likeness (QED) is 0.509. The highest BCUT2D eigenvalue weighted by atomic mass is 35.5. The first-order valence-corrected chi connectivity index (χ1v) is 9.14. The second-order valence-corrected chi connectivity index (χ2v) is 6.56. The zero-order valence-electron chi connectivity index (χ0n) is 14.5. The van der Waals surface area contributed by atoms with Crippen molar-refractivity contribution >= 4 is 17.3 Å². The number of hydrogen-bond acceptors (Lipinski definition) is 2. The van der Waals surface area contributed by atoms with Gasteiger partial charge in [0.15, 0.2) is 0 Å². The molecule has 1 heterocycles. The molecule has 3 heteroatoms. The fourth-order valence-corrected chi connectivity index (χ4v) is 3.22. The van der Waals surface area contributed by atoms with Gasteiger partial charge in [-0.05, 0) is 47.9 Å². The summed E-state index contributed by atoms with van der Waals surface area (Å²) in [4.78, 5) is 6.80. The van der Waals surface area contributed by atoms with Gasteiger partial charge in [0, 0.05) is 29.6 Å². The maximum absolute atomic E-state index is 6.11. The standard InChI is InChI=1S/C22H23ClN2/c1-2-3-16-25(21-13-11-20(23)12-14-21)22(18-8-5-4-6-9-18)19-10-7-15-24-17-19/h4-15,17,22H,2-3,16H2,1H3. The zero-order chi connectivity index (χ0) is 17.5. The van der Waals surface area contributed by atoms with Crippen molar-refractivity contribution in [1.82, 2.24) is 4.98 Å². The summed E-state index contributed by atoms with van der Waals surface area (Å²) in [6.45, 7) is 3.20. The number of pyridine rings is 1. The number of rotatable bonds is 7. The van der Waals surface area contributed by atoms with Gasteiger partial charge in [0.1, 0.15) is 0 Å². The average Bonchev–Trinajstić information content (AvgIpc) is 2.67. The van der Waals surface area contributed by atoms with Gasteiger partial charge in [-0.15, -0.1) is 0 Å². The van der Waals surface area contributed by atoms with Crippen LogP contribution in [0.2, 0.25) is 5.02 Å². The molecule has 25 heavy (non-hydrogen) atoms. The fourth-order valence-electron chi connectivity index (χ4n) is 3.09. The normalized spacial score (nSPS) is 11.9. The minimum absolute atomic E-state index is 0.127. The van der Waals surface area contributed by atoms with Gasteiger partial charge in [-0.1, -0.05) is 61.3 Å². The number of halogens is 1. The fraction of sp³-hybridized carbons (Fsp3) is 0.227. The summed E-state index contributed by atoms with van der Waals surface area (Å²) in [5, 5.41) is 0.761. The second kappa shape index (κ2) is 8.68. The molecule has 2 nitrogen and oxygen atoms in total. The van der Waals surface area contributed by atoms with Crippen molar-refractivity contribution in [2.24, 2.45) is 0 Å². The van der Waals surface area contributed by atoms with Crippen molar-refractivity contribution in [3.63, 3.8) is 0 Å². The molecular formula is C22H23ClN2. The van der Waals surface area contributed by atoms with E-state index in [0.717, 1.165) is 24.4 Å². The first-order valence-electron chi connectivity index (χ1n) is 8.76. The van der Waals surface area contributed by atoms with Crippen molar-refractivity contribution in [2.75, 3.05) is 11.4 Å². The van der Waals surface area contributed by atoms with Crippen LogP contribution in [0.15, 0.2) is 79.1 Å². The monoisotopic (exact) mass is 350 g/mol. The number of anilines is 1. The van der Waals surface area contributed by atoms with E-state index in [4.69, 9.17) is 11.6 Å². The van der Waals surface area contributed by atoms with Gasteiger partial charge >= 0.3 is 0 Å². The van der Waals surface area contributed by atoms with E-state index in [-0.39, 0.29) is 6.04 Å². The summed E-state index contributed by atoms with van der Waals surface area (Å²) in [6.07, 6.45) is 6.07. The molecule has 2 aromatic carbocycles. The van der Waals surface area contributed by atoms with Crippen LogP contribution in [0.4, 0.5) is 5.69 Å². The summed E-state index contributed by atoms with van der Waals surface area (Å²) >= 11 is 6.11. The Labute approximate surface area is 155 Å². The number of nitrogens with zero attached hydrogens (tertiary/aromatic N) is 2. The maximum Gasteiger partial charge on any atom is 0.0810 e. The minimum atomic E-state index is 0.127. The summed E-state index contributed by atoms with van der Waals surface area (Å²) in [5.74, 6) is 0. The van der Waals surface area contributed by atoms with Gasteiger partial charge in [-0.3, -0.25) is 4.98 Å². The largest absolute Gasteiger partial charge is 0.360 e. The molecule has 0 bridgehead atoms. The summed E-state index contributed by atoms with van der Waals surface area (Å²) in [6, 6.07) is 23.0. The third-order valence-electron chi connectivity index (χ3n) is 4.34. The molecule has 1 atom stereocenters. The molecule has 0 aliphatic rings. The Morgan fingerprint density at radius 3 is 2.28 bits per heavy atom. The average molecular weight is 351 g/mol. The van der Waals surface area contributed by atoms with E-state index in [0.29, 0.717) is 0 Å². The van der Waals surface area contributed by atoms with Crippen LogP contribution in [0.5, 0.6) is 0 Å². The van der Waals surface area contributed by atoms with Gasteiger partial charge < -0.3 is 4.90 Å². The summed E-state index contributed by atoms with van der Waals surface area (Å²) in [7, 11) is 0. The molecule has 0 radical (unpaired) electrons. The first-order chi connectivity index (χ1) is 12.3. The van der Waals surface area contributed by atoms with Crippen molar-refractivity contribution in [2.45, 2.75) is 25.8 Å². The number of hydrogen-bond donors (Lipinski definition) is 0. The molecule has 0 fully saturated rings. The van der Waals surface area contributed by atoms with Gasteiger partial charge in [-0.2, -0.15) is 0 Å². The van der Waals surface area contributed by atoms with Crippen LogP contribution < -0.4 is 4.90 Å². The van der Waals surface area contributed by atoms with Crippen molar-refractivity contribution < 1.29 is 0 Å². The van der Waals surface area contributed by atoms with E-state index in [1.54, 1.807) is 0 Å². The van der Waals surface area contributed by atoms with E-state index in [1.165, 1.54) is 16.8 Å². The van der Waals surface area contributed by atoms with Gasteiger partial charge in [0.2, 0.25) is 0 Å². The SMILES string of the molecule is CCCCN(c1ccc(Cl)cc1)C(c1ccccc1)c1cccnc1. The van der Waals surface area contributed by atoms with Crippen LogP contribution in [-0.2, 0) is 0 Å². The minimum Gasteiger partial charge on any atom is -0.360 e. The highest BCUT2D eigenvalue weighted by molar-refractivity contribution is 6.30. The highest BCUT2D eigenvalue weighted by Crippen LogP contribution is 2.33. The molecule has 128 valence electrons. The molecule has 0 aliphatic carbocycles. The number of aromatic nitrogens is 1. The highest BCUT2D eigenvalue weighted by Gasteiger charge is 2.22. The first kappa shape index (κ1) is 17.5. The number of benzene rings is 2. The lowest BCUT2D eigenvalue weighted by Gasteiger charge is -2.34. The molecule has 3 aromatic rings. The molecule has 0 amide bonds. The maximum atomic E-state index is 6.11. The van der Waals surface area contributed by atoms with Crippen LogP contribution in [0.3, 0.4) is 0 Å². The molecule has 1 unspecified atom stereocenters. The van der Waals surface area contributed by atoms with E-state index in [1.807, 2.05) is 30.6 Å². The lowest BCUT2D eigenvalue weighted by molar-refractivity contribution is 0.658. The molecule has 0 N–H and O–H groups in total. The van der Waals surface area contributed by atoms with E-state index in [9.17, 15) is 0 Å². The third kappa shape index (κ3) is 4.40. The molecular weight excluding hydrogens is 328 g/mol. The molecule has 1 aromatic heterocycles. The van der Waals surface area contributed by atoms with Crippen molar-refractivity contribution in [1.29, 1.82) is 0 Å². The lowest BCUT2D eigenvalue weighted by atomic mass is 9.97. The topological polar surface area (TPSA) is 16.1 Å². The van der Waals surface area contributed by atoms with Crippen molar-refractivity contribution in [3.8, 4) is 0 Å². The molecule has 3 rings (SSSR count). The lowest BCUT2D eigenvalue weighted by Crippen LogP contribution is -2.30. The molecule has 0 aliphatic heterocycles. The van der Waals surface area contributed by atoms with E-state index < -0.39 is 0 Å². The second-order valence-electron chi connectivity index (χ2n) is 6.12. The number of unbranched alkanes of at least 4 members (excludes halogenated alkanes) is 1. The Morgan fingerprint density at radius 1 is 0.920 bits per heavy atom. The van der Waals surface area contributed by atoms with Crippen LogP contribution >= 0.6 is 11.6 Å². The Morgan fingerprint density at radius 2 is 1.64 bits per heavy atom. The van der Waals surface area contributed by atoms with Gasteiger partial charge in [0.05, 0.1) is 6.04 Å².